The largest absolute Gasteiger partial charge is 0.300 e. The van der Waals surface area contributed by atoms with Gasteiger partial charge >= 0.3 is 0 Å². The van der Waals surface area contributed by atoms with Crippen LogP contribution in [-0.4, -0.2) is 46.5 Å². The summed E-state index contributed by atoms with van der Waals surface area (Å²) in [5.41, 5.74) is 2.17. The fourth-order valence-corrected chi connectivity index (χ4v) is 4.57. The zero-order chi connectivity index (χ0) is 16.7. The summed E-state index contributed by atoms with van der Waals surface area (Å²) in [4.78, 5) is 6.65. The van der Waals surface area contributed by atoms with Gasteiger partial charge < -0.3 is 0 Å². The van der Waals surface area contributed by atoms with Crippen LogP contribution in [0.4, 0.5) is 0 Å². The molecule has 0 bridgehead atoms. The highest BCUT2D eigenvalue weighted by atomic mass is 32.2. The van der Waals surface area contributed by atoms with E-state index in [2.05, 4.69) is 26.6 Å². The molecule has 124 valence electrons. The molecular formula is C17H23N3O2S. The first kappa shape index (κ1) is 16.2. The highest BCUT2D eigenvalue weighted by Crippen LogP contribution is 2.25. The molecule has 0 atom stereocenters. The van der Waals surface area contributed by atoms with E-state index in [1.54, 1.807) is 0 Å². The first-order valence-corrected chi connectivity index (χ1v) is 9.49. The number of aryl methyl sites for hydroxylation is 1. The first-order valence-electron chi connectivity index (χ1n) is 7.83. The molecule has 6 heteroatoms. The average Bonchev–Trinajstić information content (AvgIpc) is 2.85. The Labute approximate surface area is 137 Å². The van der Waals surface area contributed by atoms with Crippen molar-refractivity contribution in [1.82, 2.24) is 14.5 Å². The molecule has 0 spiro atoms. The molecule has 2 heterocycles. The minimum atomic E-state index is -3.01. The monoisotopic (exact) mass is 333 g/mol. The van der Waals surface area contributed by atoms with Gasteiger partial charge in [0.1, 0.15) is 5.82 Å². The van der Waals surface area contributed by atoms with Crippen LogP contribution in [0.15, 0.2) is 36.5 Å². The van der Waals surface area contributed by atoms with Gasteiger partial charge in [-0.15, -0.1) is 0 Å². The first-order chi connectivity index (χ1) is 10.8. The summed E-state index contributed by atoms with van der Waals surface area (Å²) in [5.74, 6) is 1.16. The van der Waals surface area contributed by atoms with Crippen molar-refractivity contribution in [3.63, 3.8) is 0 Å². The fraction of sp³-hybridized carbons (Fsp3) is 0.471. The summed E-state index contributed by atoms with van der Waals surface area (Å²) in [6.07, 6.45) is 1.89. The second-order valence-corrected chi connectivity index (χ2v) is 9.50. The maximum atomic E-state index is 12.1. The molecule has 1 aromatic heterocycles. The van der Waals surface area contributed by atoms with Crippen LogP contribution >= 0.6 is 0 Å². The lowest BCUT2D eigenvalue weighted by Crippen LogP contribution is -2.52. The Bertz CT molecular complexity index is 795. The Balaban J connectivity index is 1.86. The Kier molecular flexibility index (Phi) is 4.06. The van der Waals surface area contributed by atoms with Gasteiger partial charge in [-0.3, -0.25) is 9.47 Å². The number of nitrogens with zero attached hydrogens (tertiary/aromatic N) is 3. The fourth-order valence-electron chi connectivity index (χ4n) is 3.14. The van der Waals surface area contributed by atoms with E-state index in [-0.39, 0.29) is 5.75 Å². The maximum Gasteiger partial charge on any atom is 0.157 e. The molecular weight excluding hydrogens is 310 g/mol. The predicted molar refractivity (Wildman–Crippen MR) is 91.4 cm³/mol. The molecule has 0 N–H and O–H groups in total. The Morgan fingerprint density at radius 2 is 1.91 bits per heavy atom. The third-order valence-corrected chi connectivity index (χ3v) is 7.07. The van der Waals surface area contributed by atoms with E-state index in [4.69, 9.17) is 0 Å². The van der Waals surface area contributed by atoms with Gasteiger partial charge in [0, 0.05) is 25.3 Å². The van der Waals surface area contributed by atoms with Crippen LogP contribution in [-0.2, 0) is 16.4 Å². The van der Waals surface area contributed by atoms with Crippen LogP contribution in [0.3, 0.4) is 0 Å². The van der Waals surface area contributed by atoms with Crippen molar-refractivity contribution >= 4 is 9.84 Å². The second-order valence-electron chi connectivity index (χ2n) is 6.76. The molecule has 0 radical (unpaired) electrons. The predicted octanol–water partition coefficient (Wildman–Crippen LogP) is 2.19. The van der Waals surface area contributed by atoms with Gasteiger partial charge in [-0.1, -0.05) is 18.2 Å². The van der Waals surface area contributed by atoms with E-state index in [1.165, 1.54) is 0 Å². The van der Waals surface area contributed by atoms with Crippen molar-refractivity contribution in [2.45, 2.75) is 32.1 Å². The van der Waals surface area contributed by atoms with Gasteiger partial charge in [-0.25, -0.2) is 13.4 Å². The van der Waals surface area contributed by atoms with Crippen molar-refractivity contribution in [1.29, 1.82) is 0 Å². The third kappa shape index (κ3) is 3.05. The van der Waals surface area contributed by atoms with Crippen LogP contribution in [0, 0.1) is 6.92 Å². The van der Waals surface area contributed by atoms with Crippen molar-refractivity contribution in [2.75, 3.05) is 18.8 Å². The highest BCUT2D eigenvalue weighted by molar-refractivity contribution is 7.92. The standard InChI is InChI=1S/C17H23N3O2S/c1-14-18-11-16(20(14)15-7-5-4-6-8-15)12-19-9-10-23(21,22)17(2,3)13-19/h4-8,11H,9-10,12-13H2,1-3H3. The van der Waals surface area contributed by atoms with E-state index < -0.39 is 14.6 Å². The lowest BCUT2D eigenvalue weighted by Gasteiger charge is -2.37. The molecule has 23 heavy (non-hydrogen) atoms. The van der Waals surface area contributed by atoms with Gasteiger partial charge in [-0.2, -0.15) is 0 Å². The topological polar surface area (TPSA) is 55.2 Å². The van der Waals surface area contributed by atoms with Gasteiger partial charge in [0.15, 0.2) is 9.84 Å². The molecule has 0 amide bonds. The number of sulfone groups is 1. The summed E-state index contributed by atoms with van der Waals surface area (Å²) in [7, 11) is -3.01. The zero-order valence-corrected chi connectivity index (χ0v) is 14.7. The number of hydrogen-bond donors (Lipinski definition) is 0. The lowest BCUT2D eigenvalue weighted by atomic mass is 10.2. The van der Waals surface area contributed by atoms with Crippen molar-refractivity contribution < 1.29 is 8.42 Å². The Morgan fingerprint density at radius 3 is 2.57 bits per heavy atom. The Hall–Kier alpha value is -1.66. The summed E-state index contributed by atoms with van der Waals surface area (Å²) in [6.45, 7) is 7.44. The van der Waals surface area contributed by atoms with Crippen molar-refractivity contribution in [3.8, 4) is 5.69 Å². The SMILES string of the molecule is Cc1ncc(CN2CCS(=O)(=O)C(C)(C)C2)n1-c1ccccc1. The number of aromatic nitrogens is 2. The number of rotatable bonds is 3. The molecule has 0 aliphatic carbocycles. The van der Waals surface area contributed by atoms with Gasteiger partial charge in [0.25, 0.3) is 0 Å². The van der Waals surface area contributed by atoms with E-state index >= 15 is 0 Å². The van der Waals surface area contributed by atoms with Crippen LogP contribution in [0.1, 0.15) is 25.4 Å². The number of benzene rings is 1. The summed E-state index contributed by atoms with van der Waals surface area (Å²) in [6, 6.07) is 10.1. The molecule has 0 saturated carbocycles. The normalized spacial score (nSPS) is 20.5. The molecule has 1 aliphatic heterocycles. The van der Waals surface area contributed by atoms with E-state index in [0.717, 1.165) is 17.2 Å². The number of para-hydroxylation sites is 1. The van der Waals surface area contributed by atoms with Crippen LogP contribution in [0.2, 0.25) is 0 Å². The summed E-state index contributed by atoms with van der Waals surface area (Å²) >= 11 is 0. The second kappa shape index (κ2) is 5.76. The molecule has 1 fully saturated rings. The van der Waals surface area contributed by atoms with Crippen molar-refractivity contribution in [2.24, 2.45) is 0 Å². The van der Waals surface area contributed by atoms with Gasteiger partial charge in [-0.05, 0) is 32.9 Å². The smallest absolute Gasteiger partial charge is 0.157 e. The van der Waals surface area contributed by atoms with Gasteiger partial charge in [0.05, 0.1) is 22.4 Å². The molecule has 5 nitrogen and oxygen atoms in total. The quantitative estimate of drug-likeness (QED) is 0.864. The lowest BCUT2D eigenvalue weighted by molar-refractivity contribution is 0.238. The highest BCUT2D eigenvalue weighted by Gasteiger charge is 2.40. The van der Waals surface area contributed by atoms with Crippen LogP contribution < -0.4 is 0 Å². The average molecular weight is 333 g/mol. The minimum Gasteiger partial charge on any atom is -0.300 e. The van der Waals surface area contributed by atoms with E-state index in [9.17, 15) is 8.42 Å². The van der Waals surface area contributed by atoms with Gasteiger partial charge in [0.2, 0.25) is 0 Å². The van der Waals surface area contributed by atoms with Crippen LogP contribution in [0.25, 0.3) is 5.69 Å². The summed E-state index contributed by atoms with van der Waals surface area (Å²) < 4.78 is 25.7. The molecule has 1 saturated heterocycles. The minimum absolute atomic E-state index is 0.221. The number of imidazole rings is 1. The Morgan fingerprint density at radius 1 is 1.22 bits per heavy atom. The molecule has 3 rings (SSSR count). The zero-order valence-electron chi connectivity index (χ0n) is 13.9. The summed E-state index contributed by atoms with van der Waals surface area (Å²) in [5, 5.41) is 0. The molecule has 1 aliphatic rings. The molecule has 1 aromatic carbocycles. The van der Waals surface area contributed by atoms with Crippen LogP contribution in [0.5, 0.6) is 0 Å². The molecule has 2 aromatic rings. The van der Waals surface area contributed by atoms with E-state index in [1.807, 2.05) is 45.2 Å². The third-order valence-electron chi connectivity index (χ3n) is 4.53. The van der Waals surface area contributed by atoms with Crippen molar-refractivity contribution in [3.05, 3.63) is 48.0 Å². The number of hydrogen-bond acceptors (Lipinski definition) is 4. The maximum absolute atomic E-state index is 12.1. The molecule has 0 unspecified atom stereocenters. The van der Waals surface area contributed by atoms with E-state index in [0.29, 0.717) is 19.6 Å².